The number of hydrogen-bond acceptors (Lipinski definition) is 6. The SMILES string of the molecule is Cc1ccc(S(=O)(=O)N2CCCC2C(=O)Nc2ccc(N)nc2)s1.Cl. The van der Waals surface area contributed by atoms with Crippen LogP contribution >= 0.6 is 23.7 Å². The van der Waals surface area contributed by atoms with Gasteiger partial charge in [0.2, 0.25) is 5.91 Å². The Balaban J connectivity index is 0.00000225. The molecule has 2 aromatic rings. The fraction of sp³-hybridized carbons (Fsp3) is 0.333. The van der Waals surface area contributed by atoms with Gasteiger partial charge in [-0.05, 0) is 44.0 Å². The van der Waals surface area contributed by atoms with Crippen molar-refractivity contribution in [2.75, 3.05) is 17.6 Å². The number of nitrogens with one attached hydrogen (secondary N) is 1. The molecule has 1 unspecified atom stereocenters. The van der Waals surface area contributed by atoms with Crippen molar-refractivity contribution in [3.05, 3.63) is 35.3 Å². The second kappa shape index (κ2) is 7.69. The zero-order valence-corrected chi connectivity index (χ0v) is 16.0. The van der Waals surface area contributed by atoms with Crippen molar-refractivity contribution in [3.63, 3.8) is 0 Å². The van der Waals surface area contributed by atoms with E-state index in [9.17, 15) is 13.2 Å². The van der Waals surface area contributed by atoms with E-state index in [2.05, 4.69) is 10.3 Å². The van der Waals surface area contributed by atoms with E-state index >= 15 is 0 Å². The molecule has 1 fully saturated rings. The van der Waals surface area contributed by atoms with Gasteiger partial charge >= 0.3 is 0 Å². The summed E-state index contributed by atoms with van der Waals surface area (Å²) in [5.41, 5.74) is 6.01. The molecule has 1 atom stereocenters. The predicted molar refractivity (Wildman–Crippen MR) is 100 cm³/mol. The summed E-state index contributed by atoms with van der Waals surface area (Å²) in [7, 11) is -3.66. The van der Waals surface area contributed by atoms with Crippen molar-refractivity contribution in [2.45, 2.75) is 30.0 Å². The smallest absolute Gasteiger partial charge is 0.253 e. The van der Waals surface area contributed by atoms with Gasteiger partial charge in [-0.3, -0.25) is 4.79 Å². The number of rotatable bonds is 4. The second-order valence-corrected chi connectivity index (χ2v) is 9.01. The Morgan fingerprint density at radius 1 is 1.36 bits per heavy atom. The minimum atomic E-state index is -3.66. The Morgan fingerprint density at radius 2 is 2.12 bits per heavy atom. The normalized spacial score (nSPS) is 17.9. The molecule has 7 nitrogen and oxygen atoms in total. The highest BCUT2D eigenvalue weighted by molar-refractivity contribution is 7.91. The molecule has 0 aromatic carbocycles. The van der Waals surface area contributed by atoms with E-state index in [1.54, 1.807) is 24.3 Å². The van der Waals surface area contributed by atoms with Gasteiger partial charge in [0.15, 0.2) is 0 Å². The number of aromatic nitrogens is 1. The number of halogens is 1. The van der Waals surface area contributed by atoms with Crippen LogP contribution in [-0.4, -0.2) is 36.2 Å². The number of carbonyl (C=O) groups is 1. The zero-order valence-electron chi connectivity index (χ0n) is 13.5. The molecule has 3 rings (SSSR count). The van der Waals surface area contributed by atoms with Crippen molar-refractivity contribution in [1.29, 1.82) is 0 Å². The van der Waals surface area contributed by atoms with Crippen LogP contribution in [0.1, 0.15) is 17.7 Å². The first-order valence-corrected chi connectivity index (χ1v) is 9.74. The van der Waals surface area contributed by atoms with E-state index < -0.39 is 16.1 Å². The van der Waals surface area contributed by atoms with Gasteiger partial charge in [-0.2, -0.15) is 4.31 Å². The van der Waals surface area contributed by atoms with Crippen molar-refractivity contribution < 1.29 is 13.2 Å². The van der Waals surface area contributed by atoms with E-state index in [0.29, 0.717) is 30.9 Å². The lowest BCUT2D eigenvalue weighted by Crippen LogP contribution is -2.42. The molecule has 1 aliphatic heterocycles. The maximum Gasteiger partial charge on any atom is 0.253 e. The number of thiophene rings is 1. The van der Waals surface area contributed by atoms with E-state index in [4.69, 9.17) is 5.73 Å². The molecule has 136 valence electrons. The Kier molecular flexibility index (Phi) is 6.04. The average Bonchev–Trinajstić information content (AvgIpc) is 3.19. The number of anilines is 2. The highest BCUT2D eigenvalue weighted by atomic mass is 35.5. The van der Waals surface area contributed by atoms with Crippen LogP contribution in [0.2, 0.25) is 0 Å². The first kappa shape index (κ1) is 19.6. The first-order valence-electron chi connectivity index (χ1n) is 7.48. The number of pyridine rings is 1. The second-order valence-electron chi connectivity index (χ2n) is 5.60. The van der Waals surface area contributed by atoms with E-state index in [-0.39, 0.29) is 22.5 Å². The maximum absolute atomic E-state index is 12.8. The lowest BCUT2D eigenvalue weighted by molar-refractivity contribution is -0.119. The van der Waals surface area contributed by atoms with Crippen molar-refractivity contribution in [3.8, 4) is 0 Å². The van der Waals surface area contributed by atoms with Crippen molar-refractivity contribution in [2.24, 2.45) is 0 Å². The highest BCUT2D eigenvalue weighted by Crippen LogP contribution is 2.30. The quantitative estimate of drug-likeness (QED) is 0.815. The summed E-state index contributed by atoms with van der Waals surface area (Å²) < 4.78 is 27.1. The van der Waals surface area contributed by atoms with Crippen molar-refractivity contribution >= 4 is 51.2 Å². The summed E-state index contributed by atoms with van der Waals surface area (Å²) in [5, 5.41) is 2.71. The minimum absolute atomic E-state index is 0. The van der Waals surface area contributed by atoms with Gasteiger partial charge in [-0.25, -0.2) is 13.4 Å². The third kappa shape index (κ3) is 4.12. The van der Waals surface area contributed by atoms with Crippen LogP contribution in [0.4, 0.5) is 11.5 Å². The number of hydrogen-bond donors (Lipinski definition) is 2. The fourth-order valence-electron chi connectivity index (χ4n) is 2.66. The third-order valence-electron chi connectivity index (χ3n) is 3.84. The molecular formula is C15H19ClN4O3S2. The molecule has 2 aromatic heterocycles. The molecule has 0 saturated carbocycles. The van der Waals surface area contributed by atoms with Gasteiger partial charge in [0.1, 0.15) is 16.1 Å². The summed E-state index contributed by atoms with van der Waals surface area (Å²) in [6, 6.07) is 5.86. The molecular weight excluding hydrogens is 384 g/mol. The van der Waals surface area contributed by atoms with E-state index in [1.165, 1.54) is 21.8 Å². The summed E-state index contributed by atoms with van der Waals surface area (Å²) in [6.45, 7) is 2.20. The van der Waals surface area contributed by atoms with E-state index in [0.717, 1.165) is 4.88 Å². The van der Waals surface area contributed by atoms with Gasteiger partial charge in [-0.1, -0.05) is 0 Å². The standard InChI is InChI=1S/C15H18N4O3S2.ClH/c1-10-4-7-14(23-10)24(21,22)19-8-2-3-12(19)15(20)18-11-5-6-13(16)17-9-11;/h4-7,9,12H,2-3,8H2,1H3,(H2,16,17)(H,18,20);1H. The number of carbonyl (C=O) groups excluding carboxylic acids is 1. The molecule has 1 saturated heterocycles. The summed E-state index contributed by atoms with van der Waals surface area (Å²) in [5.74, 6) is 0.00191. The van der Waals surface area contributed by atoms with Crippen LogP contribution in [0.5, 0.6) is 0 Å². The lowest BCUT2D eigenvalue weighted by atomic mass is 10.2. The van der Waals surface area contributed by atoms with Gasteiger partial charge < -0.3 is 11.1 Å². The molecule has 0 spiro atoms. The predicted octanol–water partition coefficient (Wildman–Crippen LogP) is 2.25. The lowest BCUT2D eigenvalue weighted by Gasteiger charge is -2.22. The average molecular weight is 403 g/mol. The highest BCUT2D eigenvalue weighted by Gasteiger charge is 2.40. The van der Waals surface area contributed by atoms with Gasteiger partial charge in [0, 0.05) is 11.4 Å². The Hall–Kier alpha value is -1.68. The summed E-state index contributed by atoms with van der Waals surface area (Å²) in [6.07, 6.45) is 2.60. The molecule has 3 heterocycles. The van der Waals surface area contributed by atoms with Crippen LogP contribution in [0.3, 0.4) is 0 Å². The molecule has 0 radical (unpaired) electrons. The molecule has 25 heavy (non-hydrogen) atoms. The molecule has 1 aliphatic rings. The maximum atomic E-state index is 12.8. The minimum Gasteiger partial charge on any atom is -0.384 e. The molecule has 10 heteroatoms. The van der Waals surface area contributed by atoms with E-state index in [1.807, 2.05) is 6.92 Å². The van der Waals surface area contributed by atoms with Crippen LogP contribution in [0.25, 0.3) is 0 Å². The first-order chi connectivity index (χ1) is 11.4. The third-order valence-corrected chi connectivity index (χ3v) is 7.22. The van der Waals surface area contributed by atoms with Crippen LogP contribution in [0.15, 0.2) is 34.7 Å². The fourth-order valence-corrected chi connectivity index (χ4v) is 5.73. The van der Waals surface area contributed by atoms with Crippen LogP contribution in [0, 0.1) is 6.92 Å². The van der Waals surface area contributed by atoms with Gasteiger partial charge in [-0.15, -0.1) is 23.7 Å². The van der Waals surface area contributed by atoms with Crippen LogP contribution in [-0.2, 0) is 14.8 Å². The Bertz CT molecular complexity index is 852. The summed E-state index contributed by atoms with van der Waals surface area (Å²) >= 11 is 1.22. The topological polar surface area (TPSA) is 105 Å². The number of aryl methyl sites for hydroxylation is 1. The number of nitrogens with two attached hydrogens (primary N) is 1. The van der Waals surface area contributed by atoms with Crippen LogP contribution < -0.4 is 11.1 Å². The largest absolute Gasteiger partial charge is 0.384 e. The number of nitrogens with zero attached hydrogens (tertiary/aromatic N) is 2. The van der Waals surface area contributed by atoms with Gasteiger partial charge in [0.25, 0.3) is 10.0 Å². The van der Waals surface area contributed by atoms with Gasteiger partial charge in [0.05, 0.1) is 11.9 Å². The monoisotopic (exact) mass is 402 g/mol. The summed E-state index contributed by atoms with van der Waals surface area (Å²) in [4.78, 5) is 17.3. The molecule has 0 bridgehead atoms. The molecule has 0 aliphatic carbocycles. The Labute approximate surface area is 156 Å². The molecule has 3 N–H and O–H groups in total. The number of sulfonamides is 1. The number of nitrogen functional groups attached to an aromatic ring is 1. The van der Waals surface area contributed by atoms with Crippen molar-refractivity contribution in [1.82, 2.24) is 9.29 Å². The molecule has 1 amide bonds. The zero-order chi connectivity index (χ0) is 17.3. The number of amides is 1. The Morgan fingerprint density at radius 3 is 2.72 bits per heavy atom.